The van der Waals surface area contributed by atoms with Crippen LogP contribution in [0.1, 0.15) is 10.5 Å². The predicted molar refractivity (Wildman–Crippen MR) is 105 cm³/mol. The minimum absolute atomic E-state index is 0.316. The first kappa shape index (κ1) is 17.2. The Balaban J connectivity index is 1.69. The summed E-state index contributed by atoms with van der Waals surface area (Å²) in [6.07, 6.45) is 5.00. The van der Waals surface area contributed by atoms with Gasteiger partial charge in [0.2, 0.25) is 0 Å². The van der Waals surface area contributed by atoms with Crippen molar-refractivity contribution in [1.29, 1.82) is 0 Å². The highest BCUT2D eigenvalue weighted by Crippen LogP contribution is 2.23. The Morgan fingerprint density at radius 3 is 2.63 bits per heavy atom. The lowest BCUT2D eigenvalue weighted by molar-refractivity contribution is 0.102. The summed E-state index contributed by atoms with van der Waals surface area (Å²) in [4.78, 5) is 21.5. The molecule has 0 saturated carbocycles. The molecule has 0 aliphatic carbocycles. The normalized spacial score (nSPS) is 10.9. The molecule has 7 heteroatoms. The van der Waals surface area contributed by atoms with Crippen LogP contribution in [0.4, 0.5) is 10.1 Å². The van der Waals surface area contributed by atoms with Gasteiger partial charge in [-0.15, -0.1) is 0 Å². The molecule has 0 saturated heterocycles. The van der Waals surface area contributed by atoms with Crippen LogP contribution in [-0.2, 0) is 0 Å². The van der Waals surface area contributed by atoms with E-state index in [0.717, 1.165) is 10.9 Å². The summed E-state index contributed by atoms with van der Waals surface area (Å²) in [6, 6.07) is 15.5. The SMILES string of the molecule is CSc1ncc(C(=O)Nc2cnc3ccccc3c2)n1-c1ccc(F)cc1. The third-order valence-corrected chi connectivity index (χ3v) is 4.73. The van der Waals surface area contributed by atoms with Gasteiger partial charge in [-0.05, 0) is 42.7 Å². The molecule has 0 bridgehead atoms. The number of halogens is 1. The van der Waals surface area contributed by atoms with Crippen molar-refractivity contribution in [1.82, 2.24) is 14.5 Å². The number of benzene rings is 2. The number of hydrogen-bond donors (Lipinski definition) is 1. The van der Waals surface area contributed by atoms with E-state index in [2.05, 4.69) is 15.3 Å². The molecule has 0 aliphatic rings. The largest absolute Gasteiger partial charge is 0.319 e. The number of imidazole rings is 1. The van der Waals surface area contributed by atoms with Crippen LogP contribution in [0.5, 0.6) is 0 Å². The number of carbonyl (C=O) groups excluding carboxylic acids is 1. The average molecular weight is 378 g/mol. The summed E-state index contributed by atoms with van der Waals surface area (Å²) in [7, 11) is 0. The van der Waals surface area contributed by atoms with Crippen LogP contribution in [0.15, 0.2) is 72.1 Å². The molecule has 0 aliphatic heterocycles. The Labute approximate surface area is 159 Å². The van der Waals surface area contributed by atoms with Gasteiger partial charge < -0.3 is 5.32 Å². The van der Waals surface area contributed by atoms with E-state index in [1.165, 1.54) is 30.1 Å². The zero-order valence-corrected chi connectivity index (χ0v) is 15.2. The number of hydrogen-bond acceptors (Lipinski definition) is 4. The number of para-hydroxylation sites is 1. The molecule has 27 heavy (non-hydrogen) atoms. The van der Waals surface area contributed by atoms with E-state index in [4.69, 9.17) is 0 Å². The van der Waals surface area contributed by atoms with Crippen LogP contribution in [0.25, 0.3) is 16.6 Å². The van der Waals surface area contributed by atoms with Crippen molar-refractivity contribution < 1.29 is 9.18 Å². The molecule has 4 rings (SSSR count). The summed E-state index contributed by atoms with van der Waals surface area (Å²) in [5.41, 5.74) is 2.48. The summed E-state index contributed by atoms with van der Waals surface area (Å²) < 4.78 is 15.0. The van der Waals surface area contributed by atoms with Crippen LogP contribution in [-0.4, -0.2) is 26.7 Å². The Morgan fingerprint density at radius 2 is 1.85 bits per heavy atom. The summed E-state index contributed by atoms with van der Waals surface area (Å²) in [6.45, 7) is 0. The van der Waals surface area contributed by atoms with Crippen LogP contribution in [0, 0.1) is 5.82 Å². The second-order valence-corrected chi connectivity index (χ2v) is 6.59. The van der Waals surface area contributed by atoms with E-state index in [1.807, 2.05) is 36.6 Å². The van der Waals surface area contributed by atoms with Gasteiger partial charge in [-0.3, -0.25) is 14.3 Å². The molecule has 4 aromatic rings. The number of nitrogens with one attached hydrogen (secondary N) is 1. The first-order chi connectivity index (χ1) is 13.2. The molecule has 2 heterocycles. The van der Waals surface area contributed by atoms with Crippen molar-refractivity contribution in [2.75, 3.05) is 11.6 Å². The third-order valence-electron chi connectivity index (χ3n) is 4.08. The highest BCUT2D eigenvalue weighted by Gasteiger charge is 2.18. The van der Waals surface area contributed by atoms with Gasteiger partial charge in [0.05, 0.1) is 23.6 Å². The Hall–Kier alpha value is -3.19. The molecular formula is C20H15FN4OS. The number of pyridine rings is 1. The number of carbonyl (C=O) groups is 1. The molecule has 1 N–H and O–H groups in total. The van der Waals surface area contributed by atoms with E-state index in [0.29, 0.717) is 22.2 Å². The van der Waals surface area contributed by atoms with Gasteiger partial charge in [0.25, 0.3) is 5.91 Å². The van der Waals surface area contributed by atoms with Gasteiger partial charge in [0, 0.05) is 11.1 Å². The summed E-state index contributed by atoms with van der Waals surface area (Å²) in [5, 5.41) is 4.44. The second kappa shape index (κ2) is 7.20. The van der Waals surface area contributed by atoms with Gasteiger partial charge >= 0.3 is 0 Å². The van der Waals surface area contributed by atoms with Crippen LogP contribution >= 0.6 is 11.8 Å². The van der Waals surface area contributed by atoms with E-state index in [-0.39, 0.29) is 11.7 Å². The molecular weight excluding hydrogens is 363 g/mol. The third kappa shape index (κ3) is 3.41. The molecule has 0 fully saturated rings. The molecule has 5 nitrogen and oxygen atoms in total. The molecule has 0 spiro atoms. The average Bonchev–Trinajstić information content (AvgIpc) is 3.13. The minimum Gasteiger partial charge on any atom is -0.319 e. The standard InChI is InChI=1S/C20H15FN4OS/c1-27-20-23-12-18(25(20)16-8-6-14(21)7-9-16)19(26)24-15-10-13-4-2-3-5-17(13)22-11-15/h2-12H,1H3,(H,24,26). The number of aromatic nitrogens is 3. The van der Waals surface area contributed by atoms with E-state index >= 15 is 0 Å². The highest BCUT2D eigenvalue weighted by molar-refractivity contribution is 7.98. The predicted octanol–water partition coefficient (Wildman–Crippen LogP) is 4.53. The number of thioether (sulfide) groups is 1. The van der Waals surface area contributed by atoms with Crippen molar-refractivity contribution in [2.45, 2.75) is 5.16 Å². The Kier molecular flexibility index (Phi) is 4.60. The quantitative estimate of drug-likeness (QED) is 0.530. The zero-order chi connectivity index (χ0) is 18.8. The number of anilines is 1. The van der Waals surface area contributed by atoms with Gasteiger partial charge in [-0.1, -0.05) is 30.0 Å². The van der Waals surface area contributed by atoms with Crippen molar-refractivity contribution in [2.24, 2.45) is 0 Å². The molecule has 134 valence electrons. The second-order valence-electron chi connectivity index (χ2n) is 5.81. The fraction of sp³-hybridized carbons (Fsp3) is 0.0500. The number of rotatable bonds is 4. The molecule has 1 amide bonds. The van der Waals surface area contributed by atoms with Gasteiger partial charge in [-0.25, -0.2) is 9.37 Å². The van der Waals surface area contributed by atoms with Gasteiger partial charge in [-0.2, -0.15) is 0 Å². The monoisotopic (exact) mass is 378 g/mol. The number of amides is 1. The van der Waals surface area contributed by atoms with Gasteiger partial charge in [0.15, 0.2) is 5.16 Å². The van der Waals surface area contributed by atoms with E-state index < -0.39 is 0 Å². The molecule has 0 radical (unpaired) electrons. The first-order valence-corrected chi connectivity index (χ1v) is 9.42. The number of fused-ring (bicyclic) bond motifs is 1. The number of nitrogens with zero attached hydrogens (tertiary/aromatic N) is 3. The van der Waals surface area contributed by atoms with E-state index in [9.17, 15) is 9.18 Å². The molecule has 2 aromatic carbocycles. The van der Waals surface area contributed by atoms with Gasteiger partial charge in [0.1, 0.15) is 11.5 Å². The van der Waals surface area contributed by atoms with Crippen LogP contribution < -0.4 is 5.32 Å². The van der Waals surface area contributed by atoms with Crippen molar-refractivity contribution in [3.05, 3.63) is 78.5 Å². The Morgan fingerprint density at radius 1 is 1.07 bits per heavy atom. The summed E-state index contributed by atoms with van der Waals surface area (Å²) >= 11 is 1.41. The highest BCUT2D eigenvalue weighted by atomic mass is 32.2. The van der Waals surface area contributed by atoms with Crippen molar-refractivity contribution in [3.8, 4) is 5.69 Å². The molecule has 2 aromatic heterocycles. The van der Waals surface area contributed by atoms with Crippen molar-refractivity contribution >= 4 is 34.3 Å². The first-order valence-electron chi connectivity index (χ1n) is 8.19. The topological polar surface area (TPSA) is 59.8 Å². The lowest BCUT2D eigenvalue weighted by atomic mass is 10.2. The van der Waals surface area contributed by atoms with Crippen molar-refractivity contribution in [3.63, 3.8) is 0 Å². The lowest BCUT2D eigenvalue weighted by Gasteiger charge is -2.11. The molecule has 0 unspecified atom stereocenters. The lowest BCUT2D eigenvalue weighted by Crippen LogP contribution is -2.16. The maximum Gasteiger partial charge on any atom is 0.274 e. The molecule has 0 atom stereocenters. The van der Waals surface area contributed by atoms with Crippen LogP contribution in [0.2, 0.25) is 0 Å². The Bertz CT molecular complexity index is 1120. The smallest absolute Gasteiger partial charge is 0.274 e. The maximum absolute atomic E-state index is 13.3. The fourth-order valence-electron chi connectivity index (χ4n) is 2.81. The minimum atomic E-state index is -0.335. The maximum atomic E-state index is 13.3. The zero-order valence-electron chi connectivity index (χ0n) is 14.4. The van der Waals surface area contributed by atoms with Crippen LogP contribution in [0.3, 0.4) is 0 Å². The van der Waals surface area contributed by atoms with E-state index in [1.54, 1.807) is 22.9 Å². The summed E-state index contributed by atoms with van der Waals surface area (Å²) in [5.74, 6) is -0.651. The fourth-order valence-corrected chi connectivity index (χ4v) is 3.36.